The molecule has 0 unspecified atom stereocenters. The molecule has 10 heteroatoms. The van der Waals surface area contributed by atoms with Gasteiger partial charge in [-0.1, -0.05) is 11.8 Å². The smallest absolute Gasteiger partial charge is 0.277 e. The topological polar surface area (TPSA) is 129 Å². The average Bonchev–Trinajstić information content (AvgIpc) is 2.67. The molecule has 0 spiro atoms. The minimum atomic E-state index is -0.532. The van der Waals surface area contributed by atoms with Gasteiger partial charge in [-0.3, -0.25) is 14.6 Å². The van der Waals surface area contributed by atoms with E-state index in [0.717, 1.165) is 0 Å². The number of amides is 1. The molecule has 1 aromatic heterocycles. The van der Waals surface area contributed by atoms with Crippen LogP contribution in [0.25, 0.3) is 0 Å². The number of carbonyl (C=O) groups is 1. The summed E-state index contributed by atoms with van der Waals surface area (Å²) in [7, 11) is 2.96. The van der Waals surface area contributed by atoms with Crippen LogP contribution in [-0.4, -0.2) is 49.1 Å². The summed E-state index contributed by atoms with van der Waals surface area (Å²) < 4.78 is 15.5. The van der Waals surface area contributed by atoms with Gasteiger partial charge in [-0.2, -0.15) is 0 Å². The second-order valence-electron chi connectivity index (χ2n) is 5.20. The quantitative estimate of drug-likeness (QED) is 0.333. The largest absolute Gasteiger partial charge is 0.493 e. The second-order valence-corrected chi connectivity index (χ2v) is 6.28. The zero-order valence-electron chi connectivity index (χ0n) is 15.3. The SMILES string of the molecule is CCOCCSc1nc(N)c(NC(=O)c2ccc(OC)c(OC)c2)c(=O)[nH]1. The molecule has 2 rings (SSSR count). The van der Waals surface area contributed by atoms with Crippen molar-refractivity contribution in [2.24, 2.45) is 0 Å². The van der Waals surface area contributed by atoms with Crippen LogP contribution in [0.5, 0.6) is 11.5 Å². The van der Waals surface area contributed by atoms with Crippen molar-refractivity contribution >= 4 is 29.2 Å². The van der Waals surface area contributed by atoms with E-state index in [9.17, 15) is 9.59 Å². The van der Waals surface area contributed by atoms with Crippen molar-refractivity contribution in [1.82, 2.24) is 9.97 Å². The van der Waals surface area contributed by atoms with E-state index >= 15 is 0 Å². The number of anilines is 2. The van der Waals surface area contributed by atoms with E-state index in [1.54, 1.807) is 12.1 Å². The number of nitrogen functional groups attached to an aromatic ring is 1. The predicted molar refractivity (Wildman–Crippen MR) is 104 cm³/mol. The van der Waals surface area contributed by atoms with Gasteiger partial charge in [0.05, 0.1) is 20.8 Å². The minimum Gasteiger partial charge on any atom is -0.493 e. The maximum Gasteiger partial charge on any atom is 0.277 e. The van der Waals surface area contributed by atoms with Crippen LogP contribution in [0.15, 0.2) is 28.2 Å². The van der Waals surface area contributed by atoms with Crippen LogP contribution >= 0.6 is 11.8 Å². The van der Waals surface area contributed by atoms with Crippen molar-refractivity contribution in [3.63, 3.8) is 0 Å². The maximum atomic E-state index is 12.4. The Kier molecular flexibility index (Phi) is 7.50. The molecule has 0 bridgehead atoms. The highest BCUT2D eigenvalue weighted by Gasteiger charge is 2.16. The Hall–Kier alpha value is -2.72. The van der Waals surface area contributed by atoms with Gasteiger partial charge < -0.3 is 25.3 Å². The summed E-state index contributed by atoms with van der Waals surface area (Å²) in [5.74, 6) is 0.916. The van der Waals surface area contributed by atoms with Gasteiger partial charge in [0, 0.05) is 17.9 Å². The fourth-order valence-corrected chi connectivity index (χ4v) is 2.89. The lowest BCUT2D eigenvalue weighted by atomic mass is 10.2. The molecule has 0 fully saturated rings. The number of methoxy groups -OCH3 is 2. The summed E-state index contributed by atoms with van der Waals surface area (Å²) >= 11 is 1.31. The molecule has 0 saturated heterocycles. The lowest BCUT2D eigenvalue weighted by molar-refractivity contribution is 0.102. The number of hydrogen-bond donors (Lipinski definition) is 3. The molecular weight excluding hydrogens is 372 g/mol. The number of nitrogens with zero attached hydrogens (tertiary/aromatic N) is 1. The number of aromatic amines is 1. The summed E-state index contributed by atoms with van der Waals surface area (Å²) in [6.45, 7) is 3.05. The first-order valence-electron chi connectivity index (χ1n) is 8.13. The molecule has 27 heavy (non-hydrogen) atoms. The Morgan fingerprint density at radius 2 is 2.04 bits per heavy atom. The fourth-order valence-electron chi connectivity index (χ4n) is 2.16. The van der Waals surface area contributed by atoms with E-state index in [2.05, 4.69) is 15.3 Å². The highest BCUT2D eigenvalue weighted by molar-refractivity contribution is 7.99. The Morgan fingerprint density at radius 1 is 1.30 bits per heavy atom. The summed E-state index contributed by atoms with van der Waals surface area (Å²) in [5.41, 5.74) is 5.49. The molecule has 0 aliphatic heterocycles. The Bertz CT molecular complexity index is 856. The molecule has 1 aromatic carbocycles. The van der Waals surface area contributed by atoms with E-state index in [4.69, 9.17) is 19.9 Å². The van der Waals surface area contributed by atoms with Gasteiger partial charge >= 0.3 is 0 Å². The number of aromatic nitrogens is 2. The summed E-state index contributed by atoms with van der Waals surface area (Å²) in [6.07, 6.45) is 0. The normalized spacial score (nSPS) is 10.5. The lowest BCUT2D eigenvalue weighted by Crippen LogP contribution is -2.23. The molecule has 1 amide bonds. The van der Waals surface area contributed by atoms with Crippen molar-refractivity contribution in [3.05, 3.63) is 34.1 Å². The number of benzene rings is 1. The van der Waals surface area contributed by atoms with Gasteiger partial charge in [0.15, 0.2) is 22.5 Å². The number of thioether (sulfide) groups is 1. The van der Waals surface area contributed by atoms with Crippen LogP contribution in [0.4, 0.5) is 11.5 Å². The molecular formula is C17H22N4O5S. The van der Waals surface area contributed by atoms with Crippen LogP contribution in [0.3, 0.4) is 0 Å². The summed E-state index contributed by atoms with van der Waals surface area (Å²) in [5, 5.41) is 2.85. The van der Waals surface area contributed by atoms with Gasteiger partial charge in [0.25, 0.3) is 11.5 Å². The molecule has 0 aliphatic carbocycles. The summed E-state index contributed by atoms with van der Waals surface area (Å²) in [4.78, 5) is 31.4. The number of H-pyrrole nitrogens is 1. The van der Waals surface area contributed by atoms with E-state index in [1.165, 1.54) is 32.0 Å². The van der Waals surface area contributed by atoms with Gasteiger partial charge in [-0.25, -0.2) is 4.98 Å². The van der Waals surface area contributed by atoms with Gasteiger partial charge in [-0.15, -0.1) is 0 Å². The van der Waals surface area contributed by atoms with Crippen LogP contribution in [0.2, 0.25) is 0 Å². The molecule has 0 saturated carbocycles. The van der Waals surface area contributed by atoms with Crippen LogP contribution in [-0.2, 0) is 4.74 Å². The molecule has 4 N–H and O–H groups in total. The Balaban J connectivity index is 2.15. The van der Waals surface area contributed by atoms with Crippen molar-refractivity contribution in [2.75, 3.05) is 44.2 Å². The first-order chi connectivity index (χ1) is 13.0. The van der Waals surface area contributed by atoms with E-state index < -0.39 is 11.5 Å². The predicted octanol–water partition coefficient (Wildman–Crippen LogP) is 1.75. The van der Waals surface area contributed by atoms with E-state index in [-0.39, 0.29) is 17.1 Å². The van der Waals surface area contributed by atoms with Gasteiger partial charge in [0.2, 0.25) is 0 Å². The fraction of sp³-hybridized carbons (Fsp3) is 0.353. The van der Waals surface area contributed by atoms with Crippen molar-refractivity contribution in [3.8, 4) is 11.5 Å². The minimum absolute atomic E-state index is 0.0634. The molecule has 0 radical (unpaired) electrons. The second kappa shape index (κ2) is 9.83. The number of carbonyl (C=O) groups excluding carboxylic acids is 1. The molecule has 2 aromatic rings. The highest BCUT2D eigenvalue weighted by Crippen LogP contribution is 2.28. The Labute approximate surface area is 160 Å². The zero-order chi connectivity index (χ0) is 19.8. The van der Waals surface area contributed by atoms with E-state index in [0.29, 0.717) is 35.6 Å². The van der Waals surface area contributed by atoms with Crippen molar-refractivity contribution in [1.29, 1.82) is 0 Å². The standard InChI is InChI=1S/C17H22N4O5S/c1-4-26-7-8-27-17-20-14(18)13(16(23)21-17)19-15(22)10-5-6-11(24-2)12(9-10)25-3/h5-6,9H,4,7-8H2,1-3H3,(H,19,22)(H3,18,20,21,23). The molecule has 0 atom stereocenters. The van der Waals surface area contributed by atoms with E-state index in [1.807, 2.05) is 6.92 Å². The lowest BCUT2D eigenvalue weighted by Gasteiger charge is -2.11. The maximum absolute atomic E-state index is 12.4. The third-order valence-corrected chi connectivity index (χ3v) is 4.32. The molecule has 146 valence electrons. The number of rotatable bonds is 9. The van der Waals surface area contributed by atoms with Gasteiger partial charge in [0.1, 0.15) is 5.69 Å². The molecule has 9 nitrogen and oxygen atoms in total. The third-order valence-electron chi connectivity index (χ3n) is 3.48. The monoisotopic (exact) mass is 394 g/mol. The third kappa shape index (κ3) is 5.38. The van der Waals surface area contributed by atoms with Crippen molar-refractivity contribution < 1.29 is 19.0 Å². The van der Waals surface area contributed by atoms with Crippen LogP contribution in [0.1, 0.15) is 17.3 Å². The Morgan fingerprint density at radius 3 is 2.67 bits per heavy atom. The molecule has 0 aliphatic rings. The highest BCUT2D eigenvalue weighted by atomic mass is 32.2. The number of hydrogen-bond acceptors (Lipinski definition) is 8. The first-order valence-corrected chi connectivity index (χ1v) is 9.12. The number of nitrogens with two attached hydrogens (primary N) is 1. The average molecular weight is 394 g/mol. The van der Waals surface area contributed by atoms with Gasteiger partial charge in [-0.05, 0) is 25.1 Å². The number of nitrogens with one attached hydrogen (secondary N) is 2. The van der Waals surface area contributed by atoms with Crippen molar-refractivity contribution in [2.45, 2.75) is 12.1 Å². The number of ether oxygens (including phenoxy) is 3. The summed E-state index contributed by atoms with van der Waals surface area (Å²) in [6, 6.07) is 4.65. The van der Waals surface area contributed by atoms with Crippen LogP contribution in [0, 0.1) is 0 Å². The zero-order valence-corrected chi connectivity index (χ0v) is 16.1. The molecule has 1 heterocycles. The first kappa shape index (κ1) is 20.6. The van der Waals surface area contributed by atoms with Crippen LogP contribution < -0.4 is 26.1 Å².